The number of hydrogen-bond donors (Lipinski definition) is 2. The Morgan fingerprint density at radius 3 is 2.76 bits per heavy atom. The average molecular weight is 403 g/mol. The summed E-state index contributed by atoms with van der Waals surface area (Å²) >= 11 is 0. The number of piperidine rings is 1. The summed E-state index contributed by atoms with van der Waals surface area (Å²) in [4.78, 5) is 7.27. The Labute approximate surface area is 176 Å². The molecule has 0 bridgehead atoms. The van der Waals surface area contributed by atoms with Gasteiger partial charge in [-0.2, -0.15) is 0 Å². The standard InChI is InChI=1S/C23H38N4O2/c1-5-16-29-22-10-8-7-9-20(22)18-25-23(24-6-2)26-21-11-13-27(14-12-21)15-17-28-19(3)4/h5,7-10,19,21H,1,6,11-18H2,2-4H3,(H2,24,25,26). The highest BCUT2D eigenvalue weighted by Gasteiger charge is 2.19. The third-order valence-corrected chi connectivity index (χ3v) is 4.87. The molecule has 1 aliphatic heterocycles. The molecule has 0 unspecified atom stereocenters. The summed E-state index contributed by atoms with van der Waals surface area (Å²) in [5.41, 5.74) is 1.08. The normalized spacial score (nSPS) is 16.1. The van der Waals surface area contributed by atoms with Gasteiger partial charge in [0.05, 0.1) is 19.3 Å². The molecule has 0 aliphatic carbocycles. The fourth-order valence-corrected chi connectivity index (χ4v) is 3.32. The number of para-hydroxylation sites is 1. The number of benzene rings is 1. The second kappa shape index (κ2) is 13.2. The molecule has 0 atom stereocenters. The van der Waals surface area contributed by atoms with Gasteiger partial charge in [0, 0.05) is 37.8 Å². The van der Waals surface area contributed by atoms with Crippen LogP contribution in [0.25, 0.3) is 0 Å². The number of rotatable bonds is 11. The van der Waals surface area contributed by atoms with Crippen LogP contribution in [-0.2, 0) is 11.3 Å². The van der Waals surface area contributed by atoms with Crippen molar-refractivity contribution in [2.75, 3.05) is 39.4 Å². The zero-order chi connectivity index (χ0) is 20.9. The van der Waals surface area contributed by atoms with E-state index in [0.717, 1.165) is 62.9 Å². The third-order valence-electron chi connectivity index (χ3n) is 4.87. The van der Waals surface area contributed by atoms with Crippen molar-refractivity contribution in [3.05, 3.63) is 42.5 Å². The predicted molar refractivity (Wildman–Crippen MR) is 121 cm³/mol. The molecule has 1 aromatic carbocycles. The minimum absolute atomic E-state index is 0.306. The Kier molecular flexibility index (Phi) is 10.6. The van der Waals surface area contributed by atoms with Crippen molar-refractivity contribution in [3.8, 4) is 5.75 Å². The largest absolute Gasteiger partial charge is 0.489 e. The summed E-state index contributed by atoms with van der Waals surface area (Å²) in [5, 5.41) is 6.98. The first-order chi connectivity index (χ1) is 14.1. The lowest BCUT2D eigenvalue weighted by atomic mass is 10.1. The van der Waals surface area contributed by atoms with Crippen LogP contribution in [0.1, 0.15) is 39.2 Å². The highest BCUT2D eigenvalue weighted by atomic mass is 16.5. The number of hydrogen-bond acceptors (Lipinski definition) is 4. The van der Waals surface area contributed by atoms with E-state index < -0.39 is 0 Å². The number of likely N-dealkylation sites (tertiary alicyclic amines) is 1. The van der Waals surface area contributed by atoms with Crippen molar-refractivity contribution >= 4 is 5.96 Å². The van der Waals surface area contributed by atoms with Crippen LogP contribution in [0.4, 0.5) is 0 Å². The van der Waals surface area contributed by atoms with Crippen LogP contribution in [0.5, 0.6) is 5.75 Å². The van der Waals surface area contributed by atoms with E-state index in [1.165, 1.54) is 0 Å². The van der Waals surface area contributed by atoms with Crippen molar-refractivity contribution in [2.24, 2.45) is 4.99 Å². The Morgan fingerprint density at radius 1 is 1.31 bits per heavy atom. The molecule has 2 rings (SSSR count). The summed E-state index contributed by atoms with van der Waals surface area (Å²) < 4.78 is 11.4. The van der Waals surface area contributed by atoms with Crippen molar-refractivity contribution in [3.63, 3.8) is 0 Å². The molecule has 2 N–H and O–H groups in total. The highest BCUT2D eigenvalue weighted by molar-refractivity contribution is 5.80. The number of nitrogens with zero attached hydrogens (tertiary/aromatic N) is 2. The van der Waals surface area contributed by atoms with Gasteiger partial charge in [-0.05, 0) is 39.7 Å². The van der Waals surface area contributed by atoms with Gasteiger partial charge in [0.15, 0.2) is 5.96 Å². The molecule has 1 saturated heterocycles. The van der Waals surface area contributed by atoms with Crippen molar-refractivity contribution in [2.45, 2.75) is 52.3 Å². The lowest BCUT2D eigenvalue weighted by Crippen LogP contribution is -2.49. The van der Waals surface area contributed by atoms with Crippen LogP contribution in [0.3, 0.4) is 0 Å². The summed E-state index contributed by atoms with van der Waals surface area (Å²) in [6, 6.07) is 8.48. The molecule has 1 heterocycles. The van der Waals surface area contributed by atoms with Gasteiger partial charge in [-0.3, -0.25) is 0 Å². The zero-order valence-corrected chi connectivity index (χ0v) is 18.3. The summed E-state index contributed by atoms with van der Waals surface area (Å²) in [5.74, 6) is 1.73. The molecular weight excluding hydrogens is 364 g/mol. The van der Waals surface area contributed by atoms with Crippen LogP contribution < -0.4 is 15.4 Å². The second-order valence-electron chi connectivity index (χ2n) is 7.58. The Balaban J connectivity index is 1.85. The summed E-state index contributed by atoms with van der Waals surface area (Å²) in [7, 11) is 0. The minimum atomic E-state index is 0.306. The fourth-order valence-electron chi connectivity index (χ4n) is 3.32. The van der Waals surface area contributed by atoms with E-state index in [1.807, 2.05) is 18.2 Å². The summed E-state index contributed by atoms with van der Waals surface area (Å²) in [6.07, 6.45) is 4.30. The number of guanidine groups is 1. The molecule has 0 amide bonds. The van der Waals surface area contributed by atoms with E-state index >= 15 is 0 Å². The van der Waals surface area contributed by atoms with Gasteiger partial charge in [0.25, 0.3) is 0 Å². The predicted octanol–water partition coefficient (Wildman–Crippen LogP) is 3.20. The lowest BCUT2D eigenvalue weighted by Gasteiger charge is -2.33. The topological polar surface area (TPSA) is 58.1 Å². The minimum Gasteiger partial charge on any atom is -0.489 e. The molecule has 6 nitrogen and oxygen atoms in total. The Morgan fingerprint density at radius 2 is 2.07 bits per heavy atom. The summed E-state index contributed by atoms with van der Waals surface area (Å²) in [6.45, 7) is 15.9. The molecule has 162 valence electrons. The molecule has 0 saturated carbocycles. The Bertz CT molecular complexity index is 625. The van der Waals surface area contributed by atoms with E-state index in [0.29, 0.717) is 25.3 Å². The highest BCUT2D eigenvalue weighted by Crippen LogP contribution is 2.19. The van der Waals surface area contributed by atoms with E-state index in [-0.39, 0.29) is 0 Å². The van der Waals surface area contributed by atoms with Gasteiger partial charge in [-0.1, -0.05) is 30.9 Å². The first-order valence-electron chi connectivity index (χ1n) is 10.8. The smallest absolute Gasteiger partial charge is 0.191 e. The van der Waals surface area contributed by atoms with Crippen molar-refractivity contribution in [1.82, 2.24) is 15.5 Å². The maximum atomic E-state index is 5.74. The van der Waals surface area contributed by atoms with Gasteiger partial charge in [0.2, 0.25) is 0 Å². The lowest BCUT2D eigenvalue weighted by molar-refractivity contribution is 0.0532. The third kappa shape index (κ3) is 8.88. The van der Waals surface area contributed by atoms with Gasteiger partial charge >= 0.3 is 0 Å². The van der Waals surface area contributed by atoms with Crippen LogP contribution in [0.15, 0.2) is 41.9 Å². The van der Waals surface area contributed by atoms with Crippen LogP contribution in [0, 0.1) is 0 Å². The molecule has 29 heavy (non-hydrogen) atoms. The second-order valence-corrected chi connectivity index (χ2v) is 7.58. The molecule has 1 aliphatic rings. The maximum Gasteiger partial charge on any atom is 0.191 e. The average Bonchev–Trinajstić information content (AvgIpc) is 2.72. The van der Waals surface area contributed by atoms with E-state index in [4.69, 9.17) is 14.5 Å². The van der Waals surface area contributed by atoms with Gasteiger partial charge in [0.1, 0.15) is 12.4 Å². The van der Waals surface area contributed by atoms with E-state index in [9.17, 15) is 0 Å². The zero-order valence-electron chi connectivity index (χ0n) is 18.3. The number of aliphatic imine (C=N–C) groups is 1. The van der Waals surface area contributed by atoms with Gasteiger partial charge in [-0.15, -0.1) is 0 Å². The first kappa shape index (κ1) is 23.2. The van der Waals surface area contributed by atoms with Gasteiger partial charge in [-0.25, -0.2) is 4.99 Å². The van der Waals surface area contributed by atoms with E-state index in [2.05, 4.69) is 49.0 Å². The molecular formula is C23H38N4O2. The molecule has 6 heteroatoms. The number of nitrogens with one attached hydrogen (secondary N) is 2. The van der Waals surface area contributed by atoms with Crippen molar-refractivity contribution < 1.29 is 9.47 Å². The van der Waals surface area contributed by atoms with Crippen LogP contribution in [-0.4, -0.2) is 62.4 Å². The Hall–Kier alpha value is -2.05. The molecule has 1 fully saturated rings. The van der Waals surface area contributed by atoms with Crippen LogP contribution in [0.2, 0.25) is 0 Å². The molecule has 0 radical (unpaired) electrons. The quantitative estimate of drug-likeness (QED) is 0.338. The maximum absolute atomic E-state index is 5.74. The first-order valence-corrected chi connectivity index (χ1v) is 10.8. The van der Waals surface area contributed by atoms with Crippen molar-refractivity contribution in [1.29, 1.82) is 0 Å². The van der Waals surface area contributed by atoms with E-state index in [1.54, 1.807) is 6.08 Å². The number of ether oxygens (including phenoxy) is 2. The monoisotopic (exact) mass is 402 g/mol. The van der Waals surface area contributed by atoms with Crippen LogP contribution >= 0.6 is 0 Å². The molecule has 0 aromatic heterocycles. The SMILES string of the molecule is C=CCOc1ccccc1CN=C(NCC)NC1CCN(CCOC(C)C)CC1. The molecule has 0 spiro atoms. The molecule has 1 aromatic rings. The fraction of sp³-hybridized carbons (Fsp3) is 0.609. The van der Waals surface area contributed by atoms with Gasteiger partial charge < -0.3 is 25.0 Å².